The van der Waals surface area contributed by atoms with Crippen LogP contribution in [0.25, 0.3) is 0 Å². The summed E-state index contributed by atoms with van der Waals surface area (Å²) in [5.41, 5.74) is 0. The standard InChI is InChI=1S/C14H24N2O4/c1-2-16(12-9-20-8-11(12)13(17)18)14(19)15-7-3-4-10-5-6-10/h10-12H,2-9H2,1H3,(H,15,19)(H,17,18). The Morgan fingerprint density at radius 2 is 2.10 bits per heavy atom. The van der Waals surface area contributed by atoms with Gasteiger partial charge in [0.15, 0.2) is 0 Å². The first kappa shape index (κ1) is 15.1. The predicted octanol–water partition coefficient (Wildman–Crippen LogP) is 1.31. The molecule has 0 aromatic heterocycles. The second-order valence-electron chi connectivity index (χ2n) is 5.65. The maximum Gasteiger partial charge on any atom is 0.317 e. The molecule has 0 aromatic rings. The van der Waals surface area contributed by atoms with Crippen LogP contribution in [0.5, 0.6) is 0 Å². The summed E-state index contributed by atoms with van der Waals surface area (Å²) in [6.07, 6.45) is 4.83. The largest absolute Gasteiger partial charge is 0.481 e. The Balaban J connectivity index is 1.79. The maximum atomic E-state index is 12.2. The lowest BCUT2D eigenvalue weighted by Crippen LogP contribution is -2.50. The molecule has 1 saturated heterocycles. The monoisotopic (exact) mass is 284 g/mol. The van der Waals surface area contributed by atoms with Gasteiger partial charge in [0.05, 0.1) is 19.3 Å². The zero-order valence-electron chi connectivity index (χ0n) is 12.0. The molecular weight excluding hydrogens is 260 g/mol. The molecule has 1 aliphatic carbocycles. The number of carbonyl (C=O) groups excluding carboxylic acids is 1. The Bertz CT molecular complexity index is 357. The number of rotatable bonds is 7. The minimum atomic E-state index is -0.896. The van der Waals surface area contributed by atoms with Gasteiger partial charge in [-0.3, -0.25) is 4.79 Å². The summed E-state index contributed by atoms with van der Waals surface area (Å²) in [7, 11) is 0. The predicted molar refractivity (Wildman–Crippen MR) is 73.5 cm³/mol. The van der Waals surface area contributed by atoms with Gasteiger partial charge < -0.3 is 20.1 Å². The molecule has 20 heavy (non-hydrogen) atoms. The SMILES string of the molecule is CCN(C(=O)NCCCC1CC1)C1COCC1C(=O)O. The molecule has 2 amide bonds. The van der Waals surface area contributed by atoms with E-state index >= 15 is 0 Å². The quantitative estimate of drug-likeness (QED) is 0.691. The summed E-state index contributed by atoms with van der Waals surface area (Å²) in [5, 5.41) is 12.0. The van der Waals surface area contributed by atoms with E-state index < -0.39 is 11.9 Å². The highest BCUT2D eigenvalue weighted by Crippen LogP contribution is 2.33. The van der Waals surface area contributed by atoms with Crippen LogP contribution in [0.3, 0.4) is 0 Å². The Hall–Kier alpha value is -1.30. The Morgan fingerprint density at radius 1 is 1.35 bits per heavy atom. The molecule has 0 spiro atoms. The fraction of sp³-hybridized carbons (Fsp3) is 0.857. The molecule has 0 bridgehead atoms. The van der Waals surface area contributed by atoms with E-state index in [0.717, 1.165) is 12.3 Å². The highest BCUT2D eigenvalue weighted by Gasteiger charge is 2.39. The zero-order chi connectivity index (χ0) is 14.5. The maximum absolute atomic E-state index is 12.2. The van der Waals surface area contributed by atoms with E-state index in [1.807, 2.05) is 6.92 Å². The lowest BCUT2D eigenvalue weighted by molar-refractivity contribution is -0.142. The molecule has 0 aromatic carbocycles. The van der Waals surface area contributed by atoms with E-state index in [0.29, 0.717) is 19.7 Å². The van der Waals surface area contributed by atoms with Crippen molar-refractivity contribution in [1.82, 2.24) is 10.2 Å². The van der Waals surface area contributed by atoms with Gasteiger partial charge in [-0.15, -0.1) is 0 Å². The molecular formula is C14H24N2O4. The molecule has 2 rings (SSSR count). The Morgan fingerprint density at radius 3 is 2.70 bits per heavy atom. The molecule has 1 heterocycles. The third-order valence-electron chi connectivity index (χ3n) is 4.13. The average Bonchev–Trinajstić information content (AvgIpc) is 3.11. The number of aliphatic carboxylic acids is 1. The van der Waals surface area contributed by atoms with E-state index in [2.05, 4.69) is 5.32 Å². The third kappa shape index (κ3) is 3.85. The molecule has 0 radical (unpaired) electrons. The molecule has 2 unspecified atom stereocenters. The first-order valence-corrected chi connectivity index (χ1v) is 7.48. The van der Waals surface area contributed by atoms with Crippen molar-refractivity contribution in [3.05, 3.63) is 0 Å². The van der Waals surface area contributed by atoms with Gasteiger partial charge in [-0.25, -0.2) is 4.79 Å². The number of carboxylic acid groups (broad SMARTS) is 1. The van der Waals surface area contributed by atoms with Gasteiger partial charge >= 0.3 is 12.0 Å². The van der Waals surface area contributed by atoms with Crippen molar-refractivity contribution in [2.75, 3.05) is 26.3 Å². The highest BCUT2D eigenvalue weighted by atomic mass is 16.5. The highest BCUT2D eigenvalue weighted by molar-refractivity contribution is 5.77. The number of urea groups is 1. The molecule has 2 aliphatic rings. The minimum Gasteiger partial charge on any atom is -0.481 e. The fourth-order valence-electron chi connectivity index (χ4n) is 2.71. The molecule has 2 fully saturated rings. The van der Waals surface area contributed by atoms with E-state index in [9.17, 15) is 9.59 Å². The van der Waals surface area contributed by atoms with Crippen molar-refractivity contribution >= 4 is 12.0 Å². The van der Waals surface area contributed by atoms with Crippen LogP contribution < -0.4 is 5.32 Å². The number of hydrogen-bond donors (Lipinski definition) is 2. The van der Waals surface area contributed by atoms with E-state index in [1.54, 1.807) is 4.90 Å². The molecule has 2 N–H and O–H groups in total. The second-order valence-corrected chi connectivity index (χ2v) is 5.65. The minimum absolute atomic E-state index is 0.176. The van der Waals surface area contributed by atoms with Crippen LogP contribution in [0.4, 0.5) is 4.79 Å². The van der Waals surface area contributed by atoms with Crippen LogP contribution in [-0.2, 0) is 9.53 Å². The number of hydrogen-bond acceptors (Lipinski definition) is 3. The van der Waals surface area contributed by atoms with Crippen molar-refractivity contribution in [2.24, 2.45) is 11.8 Å². The van der Waals surface area contributed by atoms with Gasteiger partial charge in [0.2, 0.25) is 0 Å². The van der Waals surface area contributed by atoms with E-state index in [1.165, 1.54) is 19.3 Å². The summed E-state index contributed by atoms with van der Waals surface area (Å²) in [5.74, 6) is -0.645. The molecule has 1 saturated carbocycles. The van der Waals surface area contributed by atoms with Crippen molar-refractivity contribution in [3.8, 4) is 0 Å². The molecule has 114 valence electrons. The normalized spacial score (nSPS) is 25.4. The van der Waals surface area contributed by atoms with Crippen LogP contribution in [0.15, 0.2) is 0 Å². The lowest BCUT2D eigenvalue weighted by atomic mass is 10.0. The van der Waals surface area contributed by atoms with Gasteiger partial charge in [0.1, 0.15) is 5.92 Å². The topological polar surface area (TPSA) is 78.9 Å². The van der Waals surface area contributed by atoms with Crippen LogP contribution in [-0.4, -0.2) is 54.4 Å². The fourth-order valence-corrected chi connectivity index (χ4v) is 2.71. The van der Waals surface area contributed by atoms with Gasteiger partial charge in [0, 0.05) is 13.1 Å². The van der Waals surface area contributed by atoms with Crippen molar-refractivity contribution in [3.63, 3.8) is 0 Å². The van der Waals surface area contributed by atoms with Gasteiger partial charge in [-0.2, -0.15) is 0 Å². The van der Waals surface area contributed by atoms with Crippen LogP contribution in [0.2, 0.25) is 0 Å². The lowest BCUT2D eigenvalue weighted by Gasteiger charge is -2.29. The summed E-state index contributed by atoms with van der Waals surface area (Å²) in [4.78, 5) is 24.9. The van der Waals surface area contributed by atoms with Gasteiger partial charge in [-0.1, -0.05) is 12.8 Å². The Kier molecular flexibility index (Phi) is 5.23. The first-order valence-electron chi connectivity index (χ1n) is 7.48. The molecule has 6 nitrogen and oxygen atoms in total. The molecule has 2 atom stereocenters. The number of nitrogens with one attached hydrogen (secondary N) is 1. The van der Waals surface area contributed by atoms with Crippen molar-refractivity contribution < 1.29 is 19.4 Å². The van der Waals surface area contributed by atoms with E-state index in [4.69, 9.17) is 9.84 Å². The van der Waals surface area contributed by atoms with Crippen molar-refractivity contribution in [2.45, 2.75) is 38.6 Å². The van der Waals surface area contributed by atoms with Crippen molar-refractivity contribution in [1.29, 1.82) is 0 Å². The number of amides is 2. The smallest absolute Gasteiger partial charge is 0.317 e. The molecule has 6 heteroatoms. The van der Waals surface area contributed by atoms with Crippen LogP contribution in [0, 0.1) is 11.8 Å². The second kappa shape index (κ2) is 6.92. The third-order valence-corrected chi connectivity index (χ3v) is 4.13. The van der Waals surface area contributed by atoms with Crippen LogP contribution in [0.1, 0.15) is 32.6 Å². The summed E-state index contributed by atoms with van der Waals surface area (Å²) < 4.78 is 5.23. The number of nitrogens with zero attached hydrogens (tertiary/aromatic N) is 1. The van der Waals surface area contributed by atoms with Crippen LogP contribution >= 0.6 is 0 Å². The average molecular weight is 284 g/mol. The van der Waals surface area contributed by atoms with Gasteiger partial charge in [0.25, 0.3) is 0 Å². The first-order chi connectivity index (χ1) is 9.63. The zero-order valence-corrected chi connectivity index (χ0v) is 12.0. The summed E-state index contributed by atoms with van der Waals surface area (Å²) in [6.45, 7) is 3.51. The van der Waals surface area contributed by atoms with Gasteiger partial charge in [-0.05, 0) is 25.7 Å². The van der Waals surface area contributed by atoms with E-state index in [-0.39, 0.29) is 18.7 Å². The molecule has 1 aliphatic heterocycles. The number of ether oxygens (including phenoxy) is 1. The number of carboxylic acids is 1. The summed E-state index contributed by atoms with van der Waals surface area (Å²) >= 11 is 0. The number of carbonyl (C=O) groups is 2. The Labute approximate surface area is 119 Å². The number of likely N-dealkylation sites (N-methyl/N-ethyl adjacent to an activating group) is 1. The summed E-state index contributed by atoms with van der Waals surface area (Å²) in [6, 6.07) is -0.536.